The number of amides is 1. The summed E-state index contributed by atoms with van der Waals surface area (Å²) in [4.78, 5) is 23.0. The first-order valence-electron chi connectivity index (χ1n) is 6.20. The zero-order valence-electron chi connectivity index (χ0n) is 11.3. The Balaban J connectivity index is 2.14. The van der Waals surface area contributed by atoms with Crippen LogP contribution in [0, 0.1) is 18.3 Å². The van der Waals surface area contributed by atoms with E-state index in [-0.39, 0.29) is 18.1 Å². The predicted octanol–water partition coefficient (Wildman–Crippen LogP) is 2.01. The zero-order chi connectivity index (χ0) is 15.4. The molecule has 1 heterocycles. The van der Waals surface area contributed by atoms with E-state index in [4.69, 9.17) is 10.4 Å². The van der Waals surface area contributed by atoms with Crippen LogP contribution in [0.25, 0.3) is 0 Å². The van der Waals surface area contributed by atoms with Gasteiger partial charge in [0.05, 0.1) is 11.6 Å². The minimum absolute atomic E-state index is 0.0487. The summed E-state index contributed by atoms with van der Waals surface area (Å²) in [6, 6.07) is 9.99. The maximum absolute atomic E-state index is 12.0. The Morgan fingerprint density at radius 2 is 2.14 bits per heavy atom. The molecule has 0 fully saturated rings. The molecule has 6 heteroatoms. The minimum Gasteiger partial charge on any atom is -0.477 e. The summed E-state index contributed by atoms with van der Waals surface area (Å²) < 4.78 is 1.35. The van der Waals surface area contributed by atoms with Crippen LogP contribution in [-0.2, 0) is 11.3 Å². The molecule has 0 spiro atoms. The number of carbonyl (C=O) groups excluding carboxylic acids is 1. The first kappa shape index (κ1) is 14.3. The maximum atomic E-state index is 12.0. The summed E-state index contributed by atoms with van der Waals surface area (Å²) in [7, 11) is 0. The number of hydrogen-bond acceptors (Lipinski definition) is 3. The van der Waals surface area contributed by atoms with Gasteiger partial charge in [-0.05, 0) is 36.8 Å². The van der Waals surface area contributed by atoms with Crippen LogP contribution in [0.15, 0.2) is 36.5 Å². The number of benzene rings is 1. The number of nitriles is 1. The van der Waals surface area contributed by atoms with Crippen molar-refractivity contribution in [2.75, 3.05) is 5.32 Å². The van der Waals surface area contributed by atoms with Gasteiger partial charge in [-0.15, -0.1) is 0 Å². The van der Waals surface area contributed by atoms with E-state index in [2.05, 4.69) is 5.32 Å². The van der Waals surface area contributed by atoms with Crippen LogP contribution in [0.3, 0.4) is 0 Å². The number of anilines is 1. The fraction of sp³-hybridized carbons (Fsp3) is 0.133. The number of hydrogen-bond donors (Lipinski definition) is 2. The quantitative estimate of drug-likeness (QED) is 0.897. The summed E-state index contributed by atoms with van der Waals surface area (Å²) in [5, 5.41) is 20.5. The van der Waals surface area contributed by atoms with Crippen LogP contribution >= 0.6 is 0 Å². The van der Waals surface area contributed by atoms with E-state index >= 15 is 0 Å². The molecule has 106 valence electrons. The molecule has 2 aromatic rings. The highest BCUT2D eigenvalue weighted by molar-refractivity contribution is 5.92. The predicted molar refractivity (Wildman–Crippen MR) is 75.9 cm³/mol. The molecule has 0 saturated carbocycles. The standard InChI is InChI=1S/C15H13N3O3/c1-10-4-5-11(8-16)7-12(10)17-14(19)9-18-6-2-3-13(18)15(20)21/h2-7H,9H2,1H3,(H,17,19)(H,20,21). The molecule has 21 heavy (non-hydrogen) atoms. The van der Waals surface area contributed by atoms with Crippen molar-refractivity contribution in [3.8, 4) is 6.07 Å². The number of nitrogens with zero attached hydrogens (tertiary/aromatic N) is 2. The summed E-state index contributed by atoms with van der Waals surface area (Å²) in [5.74, 6) is -1.44. The van der Waals surface area contributed by atoms with Crippen molar-refractivity contribution >= 4 is 17.6 Å². The summed E-state index contributed by atoms with van der Waals surface area (Å²) in [6.07, 6.45) is 1.53. The van der Waals surface area contributed by atoms with Gasteiger partial charge in [-0.25, -0.2) is 4.79 Å². The third-order valence-corrected chi connectivity index (χ3v) is 3.00. The first-order chi connectivity index (χ1) is 10.0. The highest BCUT2D eigenvalue weighted by Crippen LogP contribution is 2.16. The Bertz CT molecular complexity index is 741. The number of nitrogens with one attached hydrogen (secondary N) is 1. The second kappa shape index (κ2) is 5.92. The molecular weight excluding hydrogens is 270 g/mol. The fourth-order valence-electron chi connectivity index (χ4n) is 1.92. The summed E-state index contributed by atoms with van der Waals surface area (Å²) in [5.41, 5.74) is 1.87. The van der Waals surface area contributed by atoms with E-state index in [0.29, 0.717) is 11.3 Å². The van der Waals surface area contributed by atoms with Gasteiger partial charge in [-0.2, -0.15) is 5.26 Å². The number of rotatable bonds is 4. The van der Waals surface area contributed by atoms with Gasteiger partial charge in [-0.1, -0.05) is 6.07 Å². The fourth-order valence-corrected chi connectivity index (χ4v) is 1.92. The van der Waals surface area contributed by atoms with Crippen LogP contribution in [0.5, 0.6) is 0 Å². The molecule has 6 nitrogen and oxygen atoms in total. The molecule has 0 aliphatic heterocycles. The summed E-state index contributed by atoms with van der Waals surface area (Å²) in [6.45, 7) is 1.71. The van der Waals surface area contributed by atoms with Gasteiger partial charge >= 0.3 is 5.97 Å². The first-order valence-corrected chi connectivity index (χ1v) is 6.20. The van der Waals surface area contributed by atoms with Gasteiger partial charge in [0.25, 0.3) is 0 Å². The van der Waals surface area contributed by atoms with Crippen LogP contribution in [0.2, 0.25) is 0 Å². The van der Waals surface area contributed by atoms with E-state index in [1.54, 1.807) is 24.3 Å². The molecule has 2 rings (SSSR count). The van der Waals surface area contributed by atoms with Crippen molar-refractivity contribution < 1.29 is 14.7 Å². The zero-order valence-corrected chi connectivity index (χ0v) is 11.3. The lowest BCUT2D eigenvalue weighted by Crippen LogP contribution is -2.21. The molecule has 2 N–H and O–H groups in total. The number of aryl methyl sites for hydroxylation is 1. The third kappa shape index (κ3) is 3.28. The number of aromatic carboxylic acids is 1. The second-order valence-corrected chi connectivity index (χ2v) is 4.52. The van der Waals surface area contributed by atoms with Gasteiger partial charge in [0.1, 0.15) is 12.2 Å². The molecule has 0 radical (unpaired) electrons. The van der Waals surface area contributed by atoms with Crippen molar-refractivity contribution in [2.45, 2.75) is 13.5 Å². The average Bonchev–Trinajstić information content (AvgIpc) is 2.89. The molecule has 0 bridgehead atoms. The van der Waals surface area contributed by atoms with Crippen LogP contribution in [-0.4, -0.2) is 21.6 Å². The Morgan fingerprint density at radius 3 is 2.81 bits per heavy atom. The van der Waals surface area contributed by atoms with E-state index in [0.717, 1.165) is 5.56 Å². The van der Waals surface area contributed by atoms with Crippen molar-refractivity contribution in [2.24, 2.45) is 0 Å². The van der Waals surface area contributed by atoms with E-state index in [9.17, 15) is 9.59 Å². The van der Waals surface area contributed by atoms with Gasteiger partial charge in [0.2, 0.25) is 5.91 Å². The monoisotopic (exact) mass is 283 g/mol. The Kier molecular flexibility index (Phi) is 4.05. The Labute approximate surface area is 121 Å². The summed E-state index contributed by atoms with van der Waals surface area (Å²) >= 11 is 0. The van der Waals surface area contributed by atoms with Gasteiger partial charge < -0.3 is 15.0 Å². The molecule has 0 atom stereocenters. The number of carboxylic acids is 1. The lowest BCUT2D eigenvalue weighted by Gasteiger charge is -2.10. The molecule has 0 aliphatic carbocycles. The van der Waals surface area contributed by atoms with E-state index < -0.39 is 5.97 Å². The highest BCUT2D eigenvalue weighted by Gasteiger charge is 2.12. The van der Waals surface area contributed by atoms with Crippen molar-refractivity contribution in [1.29, 1.82) is 5.26 Å². The number of carboxylic acid groups (broad SMARTS) is 1. The van der Waals surface area contributed by atoms with Gasteiger partial charge in [-0.3, -0.25) is 4.79 Å². The largest absolute Gasteiger partial charge is 0.477 e. The maximum Gasteiger partial charge on any atom is 0.352 e. The Hall–Kier alpha value is -3.07. The molecule has 0 aliphatic rings. The van der Waals surface area contributed by atoms with Crippen molar-refractivity contribution in [3.63, 3.8) is 0 Å². The van der Waals surface area contributed by atoms with Gasteiger partial charge in [0.15, 0.2) is 0 Å². The highest BCUT2D eigenvalue weighted by atomic mass is 16.4. The smallest absolute Gasteiger partial charge is 0.352 e. The van der Waals surface area contributed by atoms with E-state index in [1.807, 2.05) is 13.0 Å². The lowest BCUT2D eigenvalue weighted by molar-refractivity contribution is -0.116. The SMILES string of the molecule is Cc1ccc(C#N)cc1NC(=O)Cn1cccc1C(=O)O. The van der Waals surface area contributed by atoms with Gasteiger partial charge in [0, 0.05) is 11.9 Å². The van der Waals surface area contributed by atoms with Crippen LogP contribution in [0.4, 0.5) is 5.69 Å². The second-order valence-electron chi connectivity index (χ2n) is 4.52. The topological polar surface area (TPSA) is 95.1 Å². The molecule has 0 saturated heterocycles. The minimum atomic E-state index is -1.09. The van der Waals surface area contributed by atoms with Crippen molar-refractivity contribution in [3.05, 3.63) is 53.3 Å². The molecule has 1 aromatic heterocycles. The molecule has 0 unspecified atom stereocenters. The number of aromatic nitrogens is 1. The normalized spacial score (nSPS) is 9.90. The third-order valence-electron chi connectivity index (χ3n) is 3.00. The van der Waals surface area contributed by atoms with Crippen LogP contribution < -0.4 is 5.32 Å². The van der Waals surface area contributed by atoms with Crippen molar-refractivity contribution in [1.82, 2.24) is 4.57 Å². The lowest BCUT2D eigenvalue weighted by atomic mass is 10.1. The number of carbonyl (C=O) groups is 2. The Morgan fingerprint density at radius 1 is 1.38 bits per heavy atom. The van der Waals surface area contributed by atoms with Crippen LogP contribution in [0.1, 0.15) is 21.6 Å². The average molecular weight is 283 g/mol. The molecular formula is C15H13N3O3. The molecule has 1 aromatic carbocycles. The van der Waals surface area contributed by atoms with E-state index in [1.165, 1.54) is 16.8 Å². The molecule has 1 amide bonds.